The Kier molecular flexibility index (Phi) is 3.06. The van der Waals surface area contributed by atoms with Gasteiger partial charge in [-0.05, 0) is 26.7 Å². The van der Waals surface area contributed by atoms with Gasteiger partial charge in [0.25, 0.3) is 0 Å². The molecule has 6 heteroatoms. The molecule has 0 atom stereocenters. The fourth-order valence-corrected chi connectivity index (χ4v) is 1.97. The van der Waals surface area contributed by atoms with Gasteiger partial charge in [0.15, 0.2) is 0 Å². The topological polar surface area (TPSA) is 81.2 Å². The van der Waals surface area contributed by atoms with Gasteiger partial charge in [0.2, 0.25) is 0 Å². The molecule has 6 nitrogen and oxygen atoms in total. The Balaban J connectivity index is 1.97. The predicted molar refractivity (Wildman–Crippen MR) is 63.9 cm³/mol. The van der Waals surface area contributed by atoms with Gasteiger partial charge in [0.05, 0.1) is 23.2 Å². The fourth-order valence-electron chi connectivity index (χ4n) is 1.97. The van der Waals surface area contributed by atoms with Crippen molar-refractivity contribution in [3.8, 4) is 0 Å². The van der Waals surface area contributed by atoms with Crippen molar-refractivity contribution in [3.63, 3.8) is 0 Å². The number of aromatic nitrogens is 2. The van der Waals surface area contributed by atoms with E-state index >= 15 is 0 Å². The lowest BCUT2D eigenvalue weighted by Gasteiger charge is -2.38. The summed E-state index contributed by atoms with van der Waals surface area (Å²) < 4.78 is 0. The molecule has 17 heavy (non-hydrogen) atoms. The highest BCUT2D eigenvalue weighted by atomic mass is 16.3. The molecular weight excluding hydrogens is 220 g/mol. The van der Waals surface area contributed by atoms with Gasteiger partial charge in [-0.15, -0.1) is 0 Å². The quantitative estimate of drug-likeness (QED) is 0.719. The number of rotatable bonds is 2. The van der Waals surface area contributed by atoms with Gasteiger partial charge in [-0.1, -0.05) is 0 Å². The monoisotopic (exact) mass is 238 g/mol. The zero-order valence-corrected chi connectivity index (χ0v) is 10.3. The average Bonchev–Trinajstić information content (AvgIpc) is 2.55. The highest BCUT2D eigenvalue weighted by Gasteiger charge is 2.33. The number of carbonyl (C=O) groups excluding carboxylic acids is 1. The Hall–Kier alpha value is -1.56. The molecule has 1 saturated carbocycles. The molecule has 1 fully saturated rings. The zero-order chi connectivity index (χ0) is 12.6. The Morgan fingerprint density at radius 2 is 2.18 bits per heavy atom. The summed E-state index contributed by atoms with van der Waals surface area (Å²) in [6.07, 6.45) is 1.06. The van der Waals surface area contributed by atoms with Crippen LogP contribution in [-0.4, -0.2) is 45.4 Å². The lowest BCUT2D eigenvalue weighted by Crippen LogP contribution is -2.49. The Morgan fingerprint density at radius 1 is 1.53 bits per heavy atom. The van der Waals surface area contributed by atoms with Crippen LogP contribution in [0.1, 0.15) is 24.2 Å². The Labute approximate surface area is 100 Å². The van der Waals surface area contributed by atoms with Gasteiger partial charge in [0.1, 0.15) is 0 Å². The minimum absolute atomic E-state index is 0.137. The third-order valence-corrected chi connectivity index (χ3v) is 3.32. The Bertz CT molecular complexity index is 404. The van der Waals surface area contributed by atoms with Crippen LogP contribution in [0.15, 0.2) is 0 Å². The predicted octanol–water partition coefficient (Wildman–Crippen LogP) is 1.01. The third kappa shape index (κ3) is 2.26. The van der Waals surface area contributed by atoms with Crippen molar-refractivity contribution >= 4 is 11.7 Å². The van der Waals surface area contributed by atoms with E-state index in [9.17, 15) is 9.90 Å². The second-order valence-electron chi connectivity index (χ2n) is 4.63. The molecule has 0 bridgehead atoms. The van der Waals surface area contributed by atoms with Gasteiger partial charge in [-0.3, -0.25) is 5.10 Å². The van der Waals surface area contributed by atoms with Crippen LogP contribution in [0.4, 0.5) is 10.5 Å². The molecule has 1 aromatic rings. The van der Waals surface area contributed by atoms with Crippen molar-refractivity contribution in [2.24, 2.45) is 0 Å². The van der Waals surface area contributed by atoms with Gasteiger partial charge in [-0.2, -0.15) is 5.10 Å². The molecule has 1 heterocycles. The molecule has 0 radical (unpaired) electrons. The van der Waals surface area contributed by atoms with Crippen LogP contribution >= 0.6 is 0 Å². The van der Waals surface area contributed by atoms with Crippen LogP contribution < -0.4 is 5.32 Å². The van der Waals surface area contributed by atoms with E-state index in [1.165, 1.54) is 0 Å². The second kappa shape index (κ2) is 4.37. The number of H-pyrrole nitrogens is 1. The van der Waals surface area contributed by atoms with E-state index in [1.54, 1.807) is 11.9 Å². The van der Waals surface area contributed by atoms with E-state index in [1.807, 2.05) is 13.8 Å². The number of aromatic amines is 1. The van der Waals surface area contributed by atoms with E-state index in [0.29, 0.717) is 12.8 Å². The number of amides is 2. The van der Waals surface area contributed by atoms with Crippen molar-refractivity contribution in [1.82, 2.24) is 15.1 Å². The summed E-state index contributed by atoms with van der Waals surface area (Å²) >= 11 is 0. The van der Waals surface area contributed by atoms with Crippen LogP contribution in [0, 0.1) is 13.8 Å². The number of aliphatic hydroxyl groups is 1. The van der Waals surface area contributed by atoms with Crippen LogP contribution in [0.2, 0.25) is 0 Å². The number of nitrogens with zero attached hydrogens (tertiary/aromatic N) is 2. The SMILES string of the molecule is Cc1n[nH]c(C)c1NC(=O)N(C)C1CC(O)C1. The number of hydrogen-bond donors (Lipinski definition) is 3. The number of aryl methyl sites for hydroxylation is 2. The molecule has 0 unspecified atom stereocenters. The van der Waals surface area contributed by atoms with Crippen molar-refractivity contribution in [2.75, 3.05) is 12.4 Å². The zero-order valence-electron chi connectivity index (χ0n) is 10.3. The standard InChI is InChI=1S/C11H18N4O2/c1-6-10(7(2)14-13-6)12-11(17)15(3)8-4-9(16)5-8/h8-9,16H,4-5H2,1-3H3,(H,12,17)(H,13,14). The van der Waals surface area contributed by atoms with E-state index in [0.717, 1.165) is 17.1 Å². The summed E-state index contributed by atoms with van der Waals surface area (Å²) in [6.45, 7) is 3.70. The summed E-state index contributed by atoms with van der Waals surface area (Å²) in [4.78, 5) is 13.6. The van der Waals surface area contributed by atoms with E-state index in [-0.39, 0.29) is 18.2 Å². The maximum Gasteiger partial charge on any atom is 0.321 e. The molecule has 2 rings (SSSR count). The molecular formula is C11H18N4O2. The first-order valence-corrected chi connectivity index (χ1v) is 5.72. The highest BCUT2D eigenvalue weighted by molar-refractivity contribution is 5.90. The number of nitrogens with one attached hydrogen (secondary N) is 2. The molecule has 94 valence electrons. The van der Waals surface area contributed by atoms with Crippen molar-refractivity contribution < 1.29 is 9.90 Å². The third-order valence-electron chi connectivity index (χ3n) is 3.32. The maximum atomic E-state index is 11.9. The Morgan fingerprint density at radius 3 is 2.65 bits per heavy atom. The summed E-state index contributed by atoms with van der Waals surface area (Å²) in [6, 6.07) is -0.0213. The van der Waals surface area contributed by atoms with Crippen LogP contribution in [-0.2, 0) is 0 Å². The molecule has 1 aliphatic carbocycles. The number of hydrogen-bond acceptors (Lipinski definition) is 3. The molecule has 1 aliphatic rings. The second-order valence-corrected chi connectivity index (χ2v) is 4.63. The first-order valence-electron chi connectivity index (χ1n) is 5.72. The smallest absolute Gasteiger partial charge is 0.321 e. The van der Waals surface area contributed by atoms with Crippen molar-refractivity contribution in [2.45, 2.75) is 38.8 Å². The molecule has 2 amide bonds. The lowest BCUT2D eigenvalue weighted by molar-refractivity contribution is 0.0282. The van der Waals surface area contributed by atoms with E-state index < -0.39 is 0 Å². The normalized spacial score (nSPS) is 23.1. The van der Waals surface area contributed by atoms with E-state index in [2.05, 4.69) is 15.5 Å². The minimum atomic E-state index is -0.257. The highest BCUT2D eigenvalue weighted by Crippen LogP contribution is 2.25. The molecule has 0 aromatic carbocycles. The number of urea groups is 1. The molecule has 0 aliphatic heterocycles. The fraction of sp³-hybridized carbons (Fsp3) is 0.636. The first-order chi connectivity index (χ1) is 7.99. The lowest BCUT2D eigenvalue weighted by atomic mass is 9.88. The first kappa shape index (κ1) is 11.9. The molecule has 0 spiro atoms. The summed E-state index contributed by atoms with van der Waals surface area (Å²) in [5.74, 6) is 0. The van der Waals surface area contributed by atoms with Crippen molar-refractivity contribution in [3.05, 3.63) is 11.4 Å². The summed E-state index contributed by atoms with van der Waals surface area (Å²) in [5.41, 5.74) is 2.36. The number of carbonyl (C=O) groups is 1. The summed E-state index contributed by atoms with van der Waals surface area (Å²) in [5, 5.41) is 18.9. The number of aliphatic hydroxyl groups excluding tert-OH is 1. The van der Waals surface area contributed by atoms with Crippen molar-refractivity contribution in [1.29, 1.82) is 0 Å². The molecule has 0 saturated heterocycles. The van der Waals surface area contributed by atoms with Crippen LogP contribution in [0.5, 0.6) is 0 Å². The molecule has 1 aromatic heterocycles. The van der Waals surface area contributed by atoms with Gasteiger partial charge < -0.3 is 15.3 Å². The maximum absolute atomic E-state index is 11.9. The van der Waals surface area contributed by atoms with Crippen LogP contribution in [0.25, 0.3) is 0 Å². The molecule has 3 N–H and O–H groups in total. The number of anilines is 1. The van der Waals surface area contributed by atoms with E-state index in [4.69, 9.17) is 0 Å². The van der Waals surface area contributed by atoms with Gasteiger partial charge in [0, 0.05) is 13.1 Å². The average molecular weight is 238 g/mol. The largest absolute Gasteiger partial charge is 0.393 e. The van der Waals surface area contributed by atoms with Gasteiger partial charge in [-0.25, -0.2) is 4.79 Å². The van der Waals surface area contributed by atoms with Crippen LogP contribution in [0.3, 0.4) is 0 Å². The summed E-state index contributed by atoms with van der Waals surface area (Å²) in [7, 11) is 1.75. The van der Waals surface area contributed by atoms with Gasteiger partial charge >= 0.3 is 6.03 Å². The minimum Gasteiger partial charge on any atom is -0.393 e.